The molecule has 0 radical (unpaired) electrons. The predicted octanol–water partition coefficient (Wildman–Crippen LogP) is 1.46. The lowest BCUT2D eigenvalue weighted by Gasteiger charge is -2.08. The maximum atomic E-state index is 5.84. The maximum Gasteiger partial charge on any atom is 0.127 e. The van der Waals surface area contributed by atoms with Gasteiger partial charge in [0.05, 0.1) is 12.0 Å². The van der Waals surface area contributed by atoms with Crippen LogP contribution < -0.4 is 5.73 Å². The zero-order chi connectivity index (χ0) is 9.14. The van der Waals surface area contributed by atoms with Crippen LogP contribution in [0.4, 0.5) is 0 Å². The van der Waals surface area contributed by atoms with E-state index in [0.29, 0.717) is 0 Å². The van der Waals surface area contributed by atoms with E-state index in [9.17, 15) is 0 Å². The predicted molar refractivity (Wildman–Crippen MR) is 52.9 cm³/mol. The van der Waals surface area contributed by atoms with E-state index in [-0.39, 0.29) is 6.04 Å². The van der Waals surface area contributed by atoms with E-state index in [1.165, 1.54) is 5.69 Å². The molecule has 0 aliphatic rings. The van der Waals surface area contributed by atoms with E-state index in [4.69, 9.17) is 5.73 Å². The molecule has 0 saturated heterocycles. The molecule has 0 aromatic carbocycles. The van der Waals surface area contributed by atoms with Gasteiger partial charge in [0.1, 0.15) is 4.60 Å². The highest BCUT2D eigenvalue weighted by molar-refractivity contribution is 9.10. The normalized spacial score (nSPS) is 13.3. The van der Waals surface area contributed by atoms with Crippen molar-refractivity contribution in [2.75, 3.05) is 0 Å². The molecule has 1 aromatic rings. The second-order valence-electron chi connectivity index (χ2n) is 2.97. The van der Waals surface area contributed by atoms with Crippen molar-refractivity contribution in [2.45, 2.75) is 25.8 Å². The summed E-state index contributed by atoms with van der Waals surface area (Å²) in [6, 6.07) is 0.233. The standard InChI is InChI=1S/C8H14BrN3/c1-3-6(10)4-7-8(9)11-5-12(7)2/h5-6H,3-4,10H2,1-2H3. The second kappa shape index (κ2) is 4.05. The van der Waals surface area contributed by atoms with Crippen LogP contribution in [0, 0.1) is 0 Å². The van der Waals surface area contributed by atoms with Crippen LogP contribution in [0.15, 0.2) is 10.9 Å². The second-order valence-corrected chi connectivity index (χ2v) is 3.72. The molecule has 1 atom stereocenters. The summed E-state index contributed by atoms with van der Waals surface area (Å²) in [6.45, 7) is 2.09. The molecule has 0 fully saturated rings. The fourth-order valence-electron chi connectivity index (χ4n) is 1.05. The summed E-state index contributed by atoms with van der Waals surface area (Å²) in [6.07, 6.45) is 3.67. The molecule has 1 aromatic heterocycles. The molecule has 0 bridgehead atoms. The molecule has 0 saturated carbocycles. The number of imidazole rings is 1. The third kappa shape index (κ3) is 2.08. The van der Waals surface area contributed by atoms with Crippen LogP contribution in [0.5, 0.6) is 0 Å². The molecule has 1 unspecified atom stereocenters. The number of aryl methyl sites for hydroxylation is 1. The molecule has 2 N–H and O–H groups in total. The van der Waals surface area contributed by atoms with E-state index in [0.717, 1.165) is 17.4 Å². The molecule has 0 amide bonds. The number of nitrogens with zero attached hydrogens (tertiary/aromatic N) is 2. The first-order chi connectivity index (χ1) is 5.65. The van der Waals surface area contributed by atoms with Gasteiger partial charge in [-0.2, -0.15) is 0 Å². The van der Waals surface area contributed by atoms with Gasteiger partial charge >= 0.3 is 0 Å². The fraction of sp³-hybridized carbons (Fsp3) is 0.625. The lowest BCUT2D eigenvalue weighted by molar-refractivity contribution is 0.619. The molecule has 4 heteroatoms. The Morgan fingerprint density at radius 3 is 2.83 bits per heavy atom. The number of halogens is 1. The molecule has 0 aliphatic heterocycles. The summed E-state index contributed by atoms with van der Waals surface area (Å²) in [5.74, 6) is 0. The lowest BCUT2D eigenvalue weighted by Crippen LogP contribution is -2.22. The van der Waals surface area contributed by atoms with E-state index < -0.39 is 0 Å². The zero-order valence-corrected chi connectivity index (χ0v) is 9.00. The minimum Gasteiger partial charge on any atom is -0.337 e. The van der Waals surface area contributed by atoms with Gasteiger partial charge in [-0.05, 0) is 22.4 Å². The van der Waals surface area contributed by atoms with E-state index in [1.54, 1.807) is 6.33 Å². The lowest BCUT2D eigenvalue weighted by atomic mass is 10.1. The van der Waals surface area contributed by atoms with Gasteiger partial charge in [0.25, 0.3) is 0 Å². The third-order valence-electron chi connectivity index (χ3n) is 1.99. The summed E-state index contributed by atoms with van der Waals surface area (Å²) in [7, 11) is 1.98. The number of hydrogen-bond acceptors (Lipinski definition) is 2. The summed E-state index contributed by atoms with van der Waals surface area (Å²) in [4.78, 5) is 4.13. The van der Waals surface area contributed by atoms with Crippen molar-refractivity contribution in [1.82, 2.24) is 9.55 Å². The minimum absolute atomic E-state index is 0.233. The van der Waals surface area contributed by atoms with Gasteiger partial charge in [0, 0.05) is 19.5 Å². The third-order valence-corrected chi connectivity index (χ3v) is 2.65. The van der Waals surface area contributed by atoms with Gasteiger partial charge in [-0.1, -0.05) is 6.92 Å². The van der Waals surface area contributed by atoms with Crippen molar-refractivity contribution in [1.29, 1.82) is 0 Å². The Bertz CT molecular complexity index is 237. The van der Waals surface area contributed by atoms with E-state index >= 15 is 0 Å². The highest BCUT2D eigenvalue weighted by Crippen LogP contribution is 2.15. The van der Waals surface area contributed by atoms with Crippen molar-refractivity contribution in [3.63, 3.8) is 0 Å². The first-order valence-corrected chi connectivity index (χ1v) is 4.85. The van der Waals surface area contributed by atoms with Crippen LogP contribution in [0.3, 0.4) is 0 Å². The van der Waals surface area contributed by atoms with Crippen molar-refractivity contribution >= 4 is 15.9 Å². The van der Waals surface area contributed by atoms with Gasteiger partial charge in [0.15, 0.2) is 0 Å². The fourth-order valence-corrected chi connectivity index (χ4v) is 1.58. The smallest absolute Gasteiger partial charge is 0.127 e. The average molecular weight is 232 g/mol. The van der Waals surface area contributed by atoms with Crippen LogP contribution in [0.2, 0.25) is 0 Å². The summed E-state index contributed by atoms with van der Waals surface area (Å²) in [5, 5.41) is 0. The van der Waals surface area contributed by atoms with Crippen LogP contribution in [0.25, 0.3) is 0 Å². The molecule has 12 heavy (non-hydrogen) atoms. The highest BCUT2D eigenvalue weighted by atomic mass is 79.9. The van der Waals surface area contributed by atoms with E-state index in [1.807, 2.05) is 11.6 Å². The van der Waals surface area contributed by atoms with Crippen molar-refractivity contribution in [3.05, 3.63) is 16.6 Å². The first-order valence-electron chi connectivity index (χ1n) is 4.06. The summed E-state index contributed by atoms with van der Waals surface area (Å²) in [5.41, 5.74) is 7.01. The molecule has 3 nitrogen and oxygen atoms in total. The SMILES string of the molecule is CCC(N)Cc1c(Br)ncn1C. The Balaban J connectivity index is 2.73. The average Bonchev–Trinajstić information content (AvgIpc) is 2.35. The number of aromatic nitrogens is 2. The molecule has 68 valence electrons. The summed E-state index contributed by atoms with van der Waals surface area (Å²) >= 11 is 3.39. The minimum atomic E-state index is 0.233. The number of hydrogen-bond donors (Lipinski definition) is 1. The van der Waals surface area contributed by atoms with Crippen LogP contribution in [-0.4, -0.2) is 15.6 Å². The van der Waals surface area contributed by atoms with Crippen molar-refractivity contribution in [2.24, 2.45) is 12.8 Å². The molecular weight excluding hydrogens is 218 g/mol. The molecular formula is C8H14BrN3. The number of rotatable bonds is 3. The number of nitrogens with two attached hydrogens (primary N) is 1. The molecule has 1 heterocycles. The van der Waals surface area contributed by atoms with Gasteiger partial charge < -0.3 is 10.3 Å². The van der Waals surface area contributed by atoms with Crippen LogP contribution in [0.1, 0.15) is 19.0 Å². The topological polar surface area (TPSA) is 43.8 Å². The Hall–Kier alpha value is -0.350. The Morgan fingerprint density at radius 2 is 2.42 bits per heavy atom. The Labute approximate surface area is 81.1 Å². The van der Waals surface area contributed by atoms with Gasteiger partial charge in [-0.3, -0.25) is 0 Å². The van der Waals surface area contributed by atoms with Gasteiger partial charge in [-0.15, -0.1) is 0 Å². The van der Waals surface area contributed by atoms with Crippen molar-refractivity contribution in [3.8, 4) is 0 Å². The van der Waals surface area contributed by atoms with Gasteiger partial charge in [0.2, 0.25) is 0 Å². The van der Waals surface area contributed by atoms with Crippen molar-refractivity contribution < 1.29 is 0 Å². The largest absolute Gasteiger partial charge is 0.337 e. The summed E-state index contributed by atoms with van der Waals surface area (Å²) < 4.78 is 2.91. The van der Waals surface area contributed by atoms with Gasteiger partial charge in [-0.25, -0.2) is 4.98 Å². The molecule has 1 rings (SSSR count). The molecule has 0 aliphatic carbocycles. The Morgan fingerprint density at radius 1 is 1.75 bits per heavy atom. The van der Waals surface area contributed by atoms with Crippen LogP contribution >= 0.6 is 15.9 Å². The highest BCUT2D eigenvalue weighted by Gasteiger charge is 2.09. The zero-order valence-electron chi connectivity index (χ0n) is 7.42. The maximum absolute atomic E-state index is 5.84. The van der Waals surface area contributed by atoms with Crippen LogP contribution in [-0.2, 0) is 13.5 Å². The quantitative estimate of drug-likeness (QED) is 0.857. The monoisotopic (exact) mass is 231 g/mol. The Kier molecular flexibility index (Phi) is 3.29. The van der Waals surface area contributed by atoms with E-state index in [2.05, 4.69) is 27.8 Å². The first kappa shape index (κ1) is 9.74. The molecule has 0 spiro atoms.